The van der Waals surface area contributed by atoms with E-state index in [9.17, 15) is 19.2 Å². The number of carbonyl (C=O) groups excluding carboxylic acids is 4. The molecule has 0 saturated carbocycles. The van der Waals surface area contributed by atoms with Crippen LogP contribution < -0.4 is 5.32 Å². The summed E-state index contributed by atoms with van der Waals surface area (Å²) in [6, 6.07) is 10.1. The third-order valence-corrected chi connectivity index (χ3v) is 4.35. The van der Waals surface area contributed by atoms with E-state index in [0.29, 0.717) is 4.90 Å². The number of hydrogen-bond donors (Lipinski definition) is 2. The molecule has 0 atom stereocenters. The quantitative estimate of drug-likeness (QED) is 0.467. The van der Waals surface area contributed by atoms with E-state index in [1.165, 1.54) is 38.4 Å². The smallest absolute Gasteiger partial charge is 0.296 e. The van der Waals surface area contributed by atoms with Gasteiger partial charge in [0, 0.05) is 30.1 Å². The number of likely N-dealkylation sites (N-methyl/N-ethyl adjacent to an activating group) is 1. The summed E-state index contributed by atoms with van der Waals surface area (Å²) in [6.45, 7) is 0. The van der Waals surface area contributed by atoms with Crippen LogP contribution in [-0.2, 0) is 9.59 Å². The fraction of sp³-hybridized carbons (Fsp3) is 0.111. The standard InChI is InChI=1S/C18H15ClN2O4S/c1-21(2)18(25)16(23)11-8-6-10(7-9-11)15(22)17(24)20-12-4-3-5-13(26)14(12)19/h3-9,26H,1-2H3,(H,20,24). The summed E-state index contributed by atoms with van der Waals surface area (Å²) in [5.74, 6) is -3.06. The van der Waals surface area contributed by atoms with Crippen LogP contribution in [0.4, 0.5) is 5.69 Å². The van der Waals surface area contributed by atoms with Crippen LogP contribution in [0, 0.1) is 0 Å². The largest absolute Gasteiger partial charge is 0.342 e. The number of benzene rings is 2. The van der Waals surface area contributed by atoms with Crippen LogP contribution in [-0.4, -0.2) is 42.4 Å². The summed E-state index contributed by atoms with van der Waals surface area (Å²) in [7, 11) is 2.93. The minimum absolute atomic E-state index is 0.0782. The predicted molar refractivity (Wildman–Crippen MR) is 101 cm³/mol. The molecule has 26 heavy (non-hydrogen) atoms. The average Bonchev–Trinajstić information content (AvgIpc) is 2.63. The molecule has 2 rings (SSSR count). The molecule has 0 saturated heterocycles. The first-order valence-electron chi connectivity index (χ1n) is 7.41. The number of hydrogen-bond acceptors (Lipinski definition) is 5. The Kier molecular flexibility index (Phi) is 6.18. The third-order valence-electron chi connectivity index (χ3n) is 3.44. The highest BCUT2D eigenvalue weighted by Gasteiger charge is 2.21. The lowest BCUT2D eigenvalue weighted by molar-refractivity contribution is -0.124. The third kappa shape index (κ3) is 4.30. The molecule has 0 unspecified atom stereocenters. The van der Waals surface area contributed by atoms with Gasteiger partial charge in [-0.25, -0.2) is 0 Å². The molecule has 2 amide bonds. The fourth-order valence-electron chi connectivity index (χ4n) is 2.03. The molecule has 0 heterocycles. The molecule has 1 N–H and O–H groups in total. The first-order chi connectivity index (χ1) is 12.2. The van der Waals surface area contributed by atoms with Gasteiger partial charge >= 0.3 is 0 Å². The van der Waals surface area contributed by atoms with Crippen molar-refractivity contribution in [1.29, 1.82) is 0 Å². The van der Waals surface area contributed by atoms with Crippen LogP contribution in [0.2, 0.25) is 5.02 Å². The lowest BCUT2D eigenvalue weighted by atomic mass is 10.0. The van der Waals surface area contributed by atoms with Crippen molar-refractivity contribution in [2.75, 3.05) is 19.4 Å². The highest BCUT2D eigenvalue weighted by molar-refractivity contribution is 7.80. The van der Waals surface area contributed by atoms with Gasteiger partial charge in [-0.15, -0.1) is 12.6 Å². The molecule has 0 aliphatic heterocycles. The van der Waals surface area contributed by atoms with E-state index in [1.54, 1.807) is 18.2 Å². The second-order valence-corrected chi connectivity index (χ2v) is 6.39. The summed E-state index contributed by atoms with van der Waals surface area (Å²) < 4.78 is 0. The maximum Gasteiger partial charge on any atom is 0.296 e. The van der Waals surface area contributed by atoms with E-state index in [2.05, 4.69) is 17.9 Å². The van der Waals surface area contributed by atoms with Crippen molar-refractivity contribution in [1.82, 2.24) is 4.90 Å². The summed E-state index contributed by atoms with van der Waals surface area (Å²) in [5.41, 5.74) is 0.474. The summed E-state index contributed by atoms with van der Waals surface area (Å²) >= 11 is 10.2. The Balaban J connectivity index is 2.14. The second kappa shape index (κ2) is 8.16. The molecule has 134 valence electrons. The number of rotatable bonds is 5. The number of amides is 2. The molecule has 0 aromatic heterocycles. The van der Waals surface area contributed by atoms with Crippen LogP contribution >= 0.6 is 24.2 Å². The number of thiol groups is 1. The van der Waals surface area contributed by atoms with E-state index in [1.807, 2.05) is 0 Å². The first-order valence-corrected chi connectivity index (χ1v) is 8.24. The van der Waals surface area contributed by atoms with Gasteiger partial charge in [-0.2, -0.15) is 0 Å². The molecule has 6 nitrogen and oxygen atoms in total. The molecule has 0 fully saturated rings. The van der Waals surface area contributed by atoms with Crippen molar-refractivity contribution < 1.29 is 19.2 Å². The van der Waals surface area contributed by atoms with Crippen molar-refractivity contribution in [2.45, 2.75) is 4.90 Å². The molecule has 0 aliphatic carbocycles. The zero-order chi connectivity index (χ0) is 19.4. The predicted octanol–water partition coefficient (Wildman–Crippen LogP) is 2.72. The Hall–Kier alpha value is -2.64. The van der Waals surface area contributed by atoms with Crippen molar-refractivity contribution in [3.63, 3.8) is 0 Å². The number of nitrogens with one attached hydrogen (secondary N) is 1. The summed E-state index contributed by atoms with van der Waals surface area (Å²) in [5, 5.41) is 2.65. The summed E-state index contributed by atoms with van der Waals surface area (Å²) in [6.07, 6.45) is 0. The zero-order valence-corrected chi connectivity index (χ0v) is 15.6. The monoisotopic (exact) mass is 390 g/mol. The van der Waals surface area contributed by atoms with Gasteiger partial charge in [0.2, 0.25) is 5.78 Å². The van der Waals surface area contributed by atoms with Crippen LogP contribution in [0.25, 0.3) is 0 Å². The van der Waals surface area contributed by atoms with Crippen molar-refractivity contribution >= 4 is 53.3 Å². The number of carbonyl (C=O) groups is 4. The molecule has 0 radical (unpaired) electrons. The maximum absolute atomic E-state index is 12.2. The van der Waals surface area contributed by atoms with Gasteiger partial charge in [0.25, 0.3) is 17.6 Å². The number of halogens is 1. The number of Topliss-reactive ketones (excluding diaryl/α,β-unsaturated/α-hetero) is 2. The van der Waals surface area contributed by atoms with Gasteiger partial charge in [0.15, 0.2) is 0 Å². The Labute approximate surface area is 160 Å². The normalized spacial score (nSPS) is 10.2. The lowest BCUT2D eigenvalue weighted by Gasteiger charge is -2.09. The van der Waals surface area contributed by atoms with Crippen LogP contribution in [0.5, 0.6) is 0 Å². The topological polar surface area (TPSA) is 83.6 Å². The molecule has 8 heteroatoms. The number of anilines is 1. The van der Waals surface area contributed by atoms with Crippen LogP contribution in [0.1, 0.15) is 20.7 Å². The molecular weight excluding hydrogens is 376 g/mol. The Morgan fingerprint density at radius 1 is 0.923 bits per heavy atom. The SMILES string of the molecule is CN(C)C(=O)C(=O)c1ccc(C(=O)C(=O)Nc2cccc(S)c2Cl)cc1. The molecule has 0 bridgehead atoms. The fourth-order valence-corrected chi connectivity index (χ4v) is 2.41. The highest BCUT2D eigenvalue weighted by atomic mass is 35.5. The van der Waals surface area contributed by atoms with Gasteiger partial charge in [0.05, 0.1) is 10.7 Å². The highest BCUT2D eigenvalue weighted by Crippen LogP contribution is 2.28. The number of nitrogens with zero attached hydrogens (tertiary/aromatic N) is 1. The molecule has 2 aromatic rings. The molecule has 2 aromatic carbocycles. The second-order valence-electron chi connectivity index (χ2n) is 5.53. The Morgan fingerprint density at radius 2 is 1.46 bits per heavy atom. The van der Waals surface area contributed by atoms with Crippen LogP contribution in [0.3, 0.4) is 0 Å². The van der Waals surface area contributed by atoms with Crippen LogP contribution in [0.15, 0.2) is 47.4 Å². The maximum atomic E-state index is 12.2. The van der Waals surface area contributed by atoms with Gasteiger partial charge in [0.1, 0.15) is 0 Å². The van der Waals surface area contributed by atoms with Crippen molar-refractivity contribution in [2.24, 2.45) is 0 Å². The van der Waals surface area contributed by atoms with Gasteiger partial charge in [-0.05, 0) is 12.1 Å². The Bertz CT molecular complexity index is 895. The molecule has 0 spiro atoms. The van der Waals surface area contributed by atoms with E-state index in [0.717, 1.165) is 4.90 Å². The lowest BCUT2D eigenvalue weighted by Crippen LogP contribution is -2.30. The molecule has 0 aliphatic rings. The van der Waals surface area contributed by atoms with E-state index in [-0.39, 0.29) is 21.8 Å². The average molecular weight is 391 g/mol. The first kappa shape index (κ1) is 19.7. The van der Waals surface area contributed by atoms with E-state index in [4.69, 9.17) is 11.6 Å². The molecular formula is C18H15ClN2O4S. The summed E-state index contributed by atoms with van der Waals surface area (Å²) in [4.78, 5) is 49.6. The van der Waals surface area contributed by atoms with Gasteiger partial charge < -0.3 is 10.2 Å². The van der Waals surface area contributed by atoms with Crippen molar-refractivity contribution in [3.05, 3.63) is 58.6 Å². The number of ketones is 2. The van der Waals surface area contributed by atoms with Crippen molar-refractivity contribution in [3.8, 4) is 0 Å². The zero-order valence-electron chi connectivity index (χ0n) is 13.9. The Morgan fingerprint density at radius 3 is 2.00 bits per heavy atom. The minimum atomic E-state index is -0.880. The minimum Gasteiger partial charge on any atom is -0.342 e. The van der Waals surface area contributed by atoms with E-state index >= 15 is 0 Å². The van der Waals surface area contributed by atoms with E-state index < -0.39 is 23.4 Å². The van der Waals surface area contributed by atoms with Gasteiger partial charge in [-0.3, -0.25) is 19.2 Å². The van der Waals surface area contributed by atoms with Gasteiger partial charge in [-0.1, -0.05) is 41.9 Å².